The molecule has 1 aliphatic heterocycles. The maximum absolute atomic E-state index is 13.9. The Morgan fingerprint density at radius 1 is 1.18 bits per heavy atom. The molecule has 1 saturated heterocycles. The Bertz CT molecular complexity index is 824. The van der Waals surface area contributed by atoms with Crippen LogP contribution >= 0.6 is 23.1 Å². The Balaban J connectivity index is 1.41. The van der Waals surface area contributed by atoms with Crippen LogP contribution in [0.25, 0.3) is 0 Å². The van der Waals surface area contributed by atoms with Crippen molar-refractivity contribution in [1.29, 1.82) is 0 Å². The van der Waals surface area contributed by atoms with Gasteiger partial charge in [-0.15, -0.1) is 10.2 Å². The fourth-order valence-electron chi connectivity index (χ4n) is 2.91. The van der Waals surface area contributed by atoms with Crippen molar-refractivity contribution in [3.63, 3.8) is 0 Å². The number of carbonyl (C=O) groups is 2. The third kappa shape index (κ3) is 5.41. The molecular weight excluding hydrogens is 401 g/mol. The first-order valence-corrected chi connectivity index (χ1v) is 10.9. The number of nitrogens with zero attached hydrogens (tertiary/aromatic N) is 4. The van der Waals surface area contributed by atoms with Gasteiger partial charge in [-0.25, -0.2) is 4.39 Å². The zero-order valence-electron chi connectivity index (χ0n) is 15.6. The molecule has 0 saturated carbocycles. The molecule has 0 radical (unpaired) electrons. The largest absolute Gasteiger partial charge is 0.366 e. The molecule has 28 heavy (non-hydrogen) atoms. The van der Waals surface area contributed by atoms with E-state index in [1.807, 2.05) is 11.8 Å². The number of amides is 2. The van der Waals surface area contributed by atoms with Crippen molar-refractivity contribution in [3.05, 3.63) is 30.1 Å². The molecule has 1 fully saturated rings. The van der Waals surface area contributed by atoms with E-state index in [1.54, 1.807) is 34.9 Å². The van der Waals surface area contributed by atoms with Crippen molar-refractivity contribution in [2.75, 3.05) is 42.1 Å². The average molecular weight is 424 g/mol. The number of hydrogen-bond donors (Lipinski definition) is 1. The van der Waals surface area contributed by atoms with Crippen LogP contribution in [-0.2, 0) is 9.59 Å². The molecule has 2 aromatic rings. The molecule has 7 nitrogen and oxygen atoms in total. The van der Waals surface area contributed by atoms with Crippen LogP contribution in [0.1, 0.15) is 19.8 Å². The van der Waals surface area contributed by atoms with Gasteiger partial charge in [0.2, 0.25) is 16.9 Å². The standard InChI is InChI=1S/C18H22FN5O2S2/c1-2-27-18-22-21-17(28-18)20-15(25)7-8-16(26)24-11-9-23(10-12-24)14-6-4-3-5-13(14)19/h3-6H,2,7-12H2,1H3,(H,20,21,25). The minimum absolute atomic E-state index is 0.0668. The number of carbonyl (C=O) groups excluding carboxylic acids is 2. The maximum Gasteiger partial charge on any atom is 0.226 e. The number of para-hydroxylation sites is 1. The second-order valence-electron chi connectivity index (χ2n) is 6.17. The highest BCUT2D eigenvalue weighted by Gasteiger charge is 2.23. The highest BCUT2D eigenvalue weighted by Crippen LogP contribution is 2.25. The third-order valence-corrected chi connectivity index (χ3v) is 6.17. The summed E-state index contributed by atoms with van der Waals surface area (Å²) in [5.74, 6) is 0.322. The first-order chi connectivity index (χ1) is 13.6. The van der Waals surface area contributed by atoms with Gasteiger partial charge in [0, 0.05) is 39.0 Å². The van der Waals surface area contributed by atoms with Crippen molar-refractivity contribution >= 4 is 45.7 Å². The molecule has 1 aromatic heterocycles. The Labute approximate surface area is 171 Å². The number of piperazine rings is 1. The predicted octanol–water partition coefficient (Wildman–Crippen LogP) is 2.86. The van der Waals surface area contributed by atoms with E-state index in [0.717, 1.165) is 10.1 Å². The highest BCUT2D eigenvalue weighted by molar-refractivity contribution is 8.01. The summed E-state index contributed by atoms with van der Waals surface area (Å²) in [6, 6.07) is 6.65. The maximum atomic E-state index is 13.9. The van der Waals surface area contributed by atoms with E-state index in [-0.39, 0.29) is 30.5 Å². The lowest BCUT2D eigenvalue weighted by molar-refractivity contribution is -0.133. The van der Waals surface area contributed by atoms with Gasteiger partial charge in [0.25, 0.3) is 0 Å². The molecule has 150 valence electrons. The molecule has 0 bridgehead atoms. The quantitative estimate of drug-likeness (QED) is 0.545. The van der Waals surface area contributed by atoms with Crippen LogP contribution < -0.4 is 10.2 Å². The van der Waals surface area contributed by atoms with Crippen LogP contribution in [0.15, 0.2) is 28.6 Å². The molecule has 10 heteroatoms. The summed E-state index contributed by atoms with van der Waals surface area (Å²) in [7, 11) is 0. The molecule has 0 aliphatic carbocycles. The molecule has 1 aliphatic rings. The van der Waals surface area contributed by atoms with Gasteiger partial charge < -0.3 is 15.1 Å². The molecule has 2 heterocycles. The summed E-state index contributed by atoms with van der Waals surface area (Å²) < 4.78 is 14.7. The van der Waals surface area contributed by atoms with Gasteiger partial charge in [-0.3, -0.25) is 9.59 Å². The minimum atomic E-state index is -0.254. The fraction of sp³-hybridized carbons (Fsp3) is 0.444. The summed E-state index contributed by atoms with van der Waals surface area (Å²) in [5.41, 5.74) is 0.562. The number of benzene rings is 1. The highest BCUT2D eigenvalue weighted by atomic mass is 32.2. The Morgan fingerprint density at radius 2 is 1.93 bits per heavy atom. The number of aromatic nitrogens is 2. The summed E-state index contributed by atoms with van der Waals surface area (Å²) >= 11 is 2.89. The van der Waals surface area contributed by atoms with Crippen molar-refractivity contribution in [3.8, 4) is 0 Å². The molecule has 1 N–H and O–H groups in total. The smallest absolute Gasteiger partial charge is 0.226 e. The molecule has 1 aromatic carbocycles. The van der Waals surface area contributed by atoms with Crippen molar-refractivity contribution < 1.29 is 14.0 Å². The van der Waals surface area contributed by atoms with E-state index in [1.165, 1.54) is 17.4 Å². The molecular formula is C18H22FN5O2S2. The zero-order valence-corrected chi connectivity index (χ0v) is 17.2. The van der Waals surface area contributed by atoms with Gasteiger partial charge >= 0.3 is 0 Å². The van der Waals surface area contributed by atoms with Crippen LogP contribution in [-0.4, -0.2) is 58.8 Å². The summed E-state index contributed by atoms with van der Waals surface area (Å²) in [4.78, 5) is 28.1. The lowest BCUT2D eigenvalue weighted by Gasteiger charge is -2.36. The van der Waals surface area contributed by atoms with Crippen LogP contribution in [0, 0.1) is 5.82 Å². The Hall–Kier alpha value is -2.20. The van der Waals surface area contributed by atoms with Crippen molar-refractivity contribution in [1.82, 2.24) is 15.1 Å². The second-order valence-corrected chi connectivity index (χ2v) is 8.66. The number of halogens is 1. The molecule has 0 spiro atoms. The summed E-state index contributed by atoms with van der Waals surface area (Å²) in [5, 5.41) is 11.0. The molecule has 3 rings (SSSR count). The summed E-state index contributed by atoms with van der Waals surface area (Å²) in [6.07, 6.45) is 0.239. The van der Waals surface area contributed by atoms with Crippen LogP contribution in [0.4, 0.5) is 15.2 Å². The normalized spacial score (nSPS) is 14.2. The number of rotatable bonds is 7. The van der Waals surface area contributed by atoms with Gasteiger partial charge in [-0.05, 0) is 17.9 Å². The number of nitrogens with one attached hydrogen (secondary N) is 1. The summed E-state index contributed by atoms with van der Waals surface area (Å²) in [6.45, 7) is 4.20. The molecule has 0 unspecified atom stereocenters. The van der Waals surface area contributed by atoms with Crippen molar-refractivity contribution in [2.24, 2.45) is 0 Å². The van der Waals surface area contributed by atoms with Gasteiger partial charge in [-0.1, -0.05) is 42.2 Å². The lowest BCUT2D eigenvalue weighted by atomic mass is 10.2. The minimum Gasteiger partial charge on any atom is -0.366 e. The van der Waals surface area contributed by atoms with Gasteiger partial charge in [-0.2, -0.15) is 0 Å². The fourth-order valence-corrected chi connectivity index (χ4v) is 4.57. The Kier molecular flexibility index (Phi) is 7.21. The number of thioether (sulfide) groups is 1. The lowest BCUT2D eigenvalue weighted by Crippen LogP contribution is -2.49. The first-order valence-electron chi connectivity index (χ1n) is 9.10. The van der Waals surface area contributed by atoms with Crippen LogP contribution in [0.2, 0.25) is 0 Å². The van der Waals surface area contributed by atoms with Gasteiger partial charge in [0.15, 0.2) is 4.34 Å². The zero-order chi connectivity index (χ0) is 19.9. The van der Waals surface area contributed by atoms with E-state index in [4.69, 9.17) is 0 Å². The second kappa shape index (κ2) is 9.83. The van der Waals surface area contributed by atoms with E-state index in [0.29, 0.717) is 37.0 Å². The van der Waals surface area contributed by atoms with Gasteiger partial charge in [0.1, 0.15) is 5.82 Å². The van der Waals surface area contributed by atoms with Gasteiger partial charge in [0.05, 0.1) is 5.69 Å². The van der Waals surface area contributed by atoms with Crippen LogP contribution in [0.3, 0.4) is 0 Å². The predicted molar refractivity (Wildman–Crippen MR) is 109 cm³/mol. The van der Waals surface area contributed by atoms with E-state index < -0.39 is 0 Å². The first kappa shape index (κ1) is 20.5. The van der Waals surface area contributed by atoms with E-state index in [9.17, 15) is 14.0 Å². The molecule has 0 atom stereocenters. The number of anilines is 2. The monoisotopic (exact) mass is 423 g/mol. The SMILES string of the molecule is CCSc1nnc(NC(=O)CCC(=O)N2CCN(c3ccccc3F)CC2)s1. The average Bonchev–Trinajstić information content (AvgIpc) is 3.14. The Morgan fingerprint density at radius 3 is 2.64 bits per heavy atom. The van der Waals surface area contributed by atoms with Crippen LogP contribution in [0.5, 0.6) is 0 Å². The topological polar surface area (TPSA) is 78.4 Å². The third-order valence-electron chi connectivity index (χ3n) is 4.31. The number of hydrogen-bond acceptors (Lipinski definition) is 7. The van der Waals surface area contributed by atoms with Crippen molar-refractivity contribution in [2.45, 2.75) is 24.1 Å². The van der Waals surface area contributed by atoms with E-state index >= 15 is 0 Å². The van der Waals surface area contributed by atoms with E-state index in [2.05, 4.69) is 15.5 Å². The molecule has 2 amide bonds.